The Labute approximate surface area is 124 Å². The molecule has 0 saturated heterocycles. The molecule has 18 heavy (non-hydrogen) atoms. The summed E-state index contributed by atoms with van der Waals surface area (Å²) in [5.74, 6) is 0. The lowest BCUT2D eigenvalue weighted by molar-refractivity contribution is 1.32. The largest absolute Gasteiger partial charge is 0.398 e. The summed E-state index contributed by atoms with van der Waals surface area (Å²) in [5.41, 5.74) is 6.62. The fourth-order valence-electron chi connectivity index (χ4n) is 1.35. The Morgan fingerprint density at radius 1 is 0.944 bits per heavy atom. The van der Waals surface area contributed by atoms with Gasteiger partial charge in [0.05, 0.1) is 5.02 Å². The van der Waals surface area contributed by atoms with E-state index in [1.807, 2.05) is 24.3 Å². The molecule has 0 saturated carbocycles. The molecular weight excluding hydrogens is 307 g/mol. The lowest BCUT2D eigenvalue weighted by atomic mass is 10.3. The Bertz CT molecular complexity index is 576. The molecule has 2 aromatic carbocycles. The molecule has 0 aliphatic carbocycles. The summed E-state index contributed by atoms with van der Waals surface area (Å²) in [6.07, 6.45) is 0. The molecule has 0 aromatic heterocycles. The molecule has 0 radical (unpaired) electrons. The lowest BCUT2D eigenvalue weighted by Crippen LogP contribution is -1.90. The van der Waals surface area contributed by atoms with Gasteiger partial charge in [0, 0.05) is 25.4 Å². The summed E-state index contributed by atoms with van der Waals surface area (Å²) in [6, 6.07) is 11.0. The first-order valence-electron chi connectivity index (χ1n) is 4.99. The van der Waals surface area contributed by atoms with Crippen LogP contribution in [0.1, 0.15) is 0 Å². The first-order valence-corrected chi connectivity index (χ1v) is 7.44. The molecule has 0 aliphatic rings. The number of hydrogen-bond acceptors (Lipinski definition) is 4. The van der Waals surface area contributed by atoms with Crippen LogP contribution in [0.5, 0.6) is 0 Å². The summed E-state index contributed by atoms with van der Waals surface area (Å²) in [4.78, 5) is 2.73. The van der Waals surface area contributed by atoms with Crippen LogP contribution in [0.3, 0.4) is 0 Å². The van der Waals surface area contributed by atoms with Crippen LogP contribution in [-0.2, 0) is 0 Å². The molecule has 0 amide bonds. The molecule has 6 heteroatoms. The van der Waals surface area contributed by atoms with Crippen LogP contribution >= 0.6 is 46.9 Å². The van der Waals surface area contributed by atoms with Crippen LogP contribution in [0, 0.1) is 0 Å². The Morgan fingerprint density at radius 3 is 2.44 bits per heavy atom. The highest BCUT2D eigenvalue weighted by Gasteiger charge is 2.07. The molecule has 94 valence electrons. The topological polar surface area (TPSA) is 52.0 Å². The zero-order valence-electron chi connectivity index (χ0n) is 9.19. The molecule has 2 aromatic rings. The van der Waals surface area contributed by atoms with E-state index >= 15 is 0 Å². The maximum Gasteiger partial charge on any atom is 0.0546 e. The number of benzene rings is 2. The van der Waals surface area contributed by atoms with Gasteiger partial charge in [0.1, 0.15) is 0 Å². The first kappa shape index (κ1) is 13.9. The SMILES string of the molecule is NSc1ccc(N)c(Sc2cc(Cl)ccc2Cl)c1. The van der Waals surface area contributed by atoms with Gasteiger partial charge >= 0.3 is 0 Å². The van der Waals surface area contributed by atoms with Crippen molar-refractivity contribution in [1.29, 1.82) is 0 Å². The van der Waals surface area contributed by atoms with Crippen molar-refractivity contribution in [3.8, 4) is 0 Å². The molecule has 0 unspecified atom stereocenters. The van der Waals surface area contributed by atoms with Crippen molar-refractivity contribution in [2.45, 2.75) is 14.7 Å². The van der Waals surface area contributed by atoms with Crippen molar-refractivity contribution < 1.29 is 0 Å². The third-order valence-corrected chi connectivity index (χ3v) is 4.57. The first-order chi connectivity index (χ1) is 8.60. The van der Waals surface area contributed by atoms with E-state index in [1.54, 1.807) is 12.1 Å². The van der Waals surface area contributed by atoms with Crippen molar-refractivity contribution in [2.75, 3.05) is 5.73 Å². The summed E-state index contributed by atoms with van der Waals surface area (Å²) < 4.78 is 0. The molecule has 0 heterocycles. The predicted octanol–water partition coefficient (Wildman–Crippen LogP) is 4.69. The summed E-state index contributed by atoms with van der Waals surface area (Å²) in [7, 11) is 0. The van der Waals surface area contributed by atoms with Crippen LogP contribution in [0.2, 0.25) is 10.0 Å². The van der Waals surface area contributed by atoms with E-state index in [-0.39, 0.29) is 0 Å². The van der Waals surface area contributed by atoms with E-state index < -0.39 is 0 Å². The highest BCUT2D eigenvalue weighted by atomic mass is 35.5. The Morgan fingerprint density at radius 2 is 1.72 bits per heavy atom. The highest BCUT2D eigenvalue weighted by molar-refractivity contribution is 7.99. The van der Waals surface area contributed by atoms with Gasteiger partial charge in [-0.1, -0.05) is 35.0 Å². The van der Waals surface area contributed by atoms with E-state index in [0.717, 1.165) is 14.7 Å². The van der Waals surface area contributed by atoms with Crippen LogP contribution in [0.15, 0.2) is 51.1 Å². The quantitative estimate of drug-likeness (QED) is 0.637. The molecule has 0 fully saturated rings. The van der Waals surface area contributed by atoms with E-state index in [1.165, 1.54) is 23.7 Å². The van der Waals surface area contributed by atoms with Crippen LogP contribution < -0.4 is 10.9 Å². The van der Waals surface area contributed by atoms with Gasteiger partial charge in [0.15, 0.2) is 0 Å². The third-order valence-electron chi connectivity index (χ3n) is 2.23. The molecule has 0 aliphatic heterocycles. The fraction of sp³-hybridized carbons (Fsp3) is 0. The van der Waals surface area contributed by atoms with Gasteiger partial charge in [-0.15, -0.1) is 0 Å². The van der Waals surface area contributed by atoms with Gasteiger partial charge < -0.3 is 5.73 Å². The third kappa shape index (κ3) is 3.28. The number of hydrogen-bond donors (Lipinski definition) is 2. The number of nitrogens with two attached hydrogens (primary N) is 2. The molecule has 2 nitrogen and oxygen atoms in total. The van der Waals surface area contributed by atoms with Gasteiger partial charge in [-0.3, -0.25) is 5.14 Å². The number of halogens is 2. The van der Waals surface area contributed by atoms with Gasteiger partial charge in [-0.2, -0.15) is 0 Å². The standard InChI is InChI=1S/C12H10Cl2N2S2/c13-7-1-3-9(14)11(5-7)17-12-6-8(18-16)2-4-10(12)15/h1-6H,15-16H2. The molecule has 0 bridgehead atoms. The zero-order valence-corrected chi connectivity index (χ0v) is 12.3. The van der Waals surface area contributed by atoms with Gasteiger partial charge in [0.2, 0.25) is 0 Å². The molecule has 2 rings (SSSR count). The van der Waals surface area contributed by atoms with Crippen molar-refractivity contribution in [3.05, 3.63) is 46.4 Å². The molecule has 0 atom stereocenters. The van der Waals surface area contributed by atoms with Crippen molar-refractivity contribution >= 4 is 52.6 Å². The second kappa shape index (κ2) is 6.08. The summed E-state index contributed by atoms with van der Waals surface area (Å²) in [6.45, 7) is 0. The summed E-state index contributed by atoms with van der Waals surface area (Å²) in [5, 5.41) is 6.83. The Kier molecular flexibility index (Phi) is 4.70. The second-order valence-electron chi connectivity index (χ2n) is 3.49. The van der Waals surface area contributed by atoms with E-state index in [4.69, 9.17) is 34.1 Å². The zero-order chi connectivity index (χ0) is 13.1. The minimum absolute atomic E-state index is 0.643. The van der Waals surface area contributed by atoms with Crippen LogP contribution in [0.4, 0.5) is 5.69 Å². The molecule has 0 spiro atoms. The summed E-state index contributed by atoms with van der Waals surface area (Å²) >= 11 is 14.7. The average Bonchev–Trinajstić information content (AvgIpc) is 2.36. The smallest absolute Gasteiger partial charge is 0.0546 e. The van der Waals surface area contributed by atoms with Gasteiger partial charge in [0.25, 0.3) is 0 Å². The number of anilines is 1. The second-order valence-corrected chi connectivity index (χ2v) is 6.13. The minimum Gasteiger partial charge on any atom is -0.398 e. The number of nitrogen functional groups attached to an aromatic ring is 1. The normalized spacial score (nSPS) is 10.6. The van der Waals surface area contributed by atoms with Crippen LogP contribution in [-0.4, -0.2) is 0 Å². The van der Waals surface area contributed by atoms with Gasteiger partial charge in [-0.25, -0.2) is 0 Å². The van der Waals surface area contributed by atoms with Crippen molar-refractivity contribution in [2.24, 2.45) is 5.14 Å². The Balaban J connectivity index is 2.36. The van der Waals surface area contributed by atoms with E-state index in [0.29, 0.717) is 15.7 Å². The van der Waals surface area contributed by atoms with Crippen LogP contribution in [0.25, 0.3) is 0 Å². The van der Waals surface area contributed by atoms with Gasteiger partial charge in [-0.05, 0) is 48.3 Å². The number of rotatable bonds is 3. The van der Waals surface area contributed by atoms with Crippen molar-refractivity contribution in [3.63, 3.8) is 0 Å². The van der Waals surface area contributed by atoms with E-state index in [2.05, 4.69) is 0 Å². The maximum atomic E-state index is 6.12. The molecule has 4 N–H and O–H groups in total. The minimum atomic E-state index is 0.643. The van der Waals surface area contributed by atoms with Crippen molar-refractivity contribution in [1.82, 2.24) is 0 Å². The lowest BCUT2D eigenvalue weighted by Gasteiger charge is -2.08. The fourth-order valence-corrected chi connectivity index (χ4v) is 3.19. The van der Waals surface area contributed by atoms with E-state index in [9.17, 15) is 0 Å². The Hall–Kier alpha value is -0.520. The predicted molar refractivity (Wildman–Crippen MR) is 81.5 cm³/mol. The molecular formula is C12H10Cl2N2S2. The monoisotopic (exact) mass is 316 g/mol. The average molecular weight is 317 g/mol. The maximum absolute atomic E-state index is 6.12. The highest BCUT2D eigenvalue weighted by Crippen LogP contribution is 2.38.